The van der Waals surface area contributed by atoms with E-state index < -0.39 is 0 Å². The van der Waals surface area contributed by atoms with Gasteiger partial charge in [-0.25, -0.2) is 0 Å². The minimum absolute atomic E-state index is 0.0144. The Bertz CT molecular complexity index is 241. The van der Waals surface area contributed by atoms with Crippen molar-refractivity contribution in [1.29, 1.82) is 0 Å². The van der Waals surface area contributed by atoms with Gasteiger partial charge in [-0.15, -0.1) is 12.6 Å². The molecule has 1 heterocycles. The van der Waals surface area contributed by atoms with Crippen LogP contribution >= 0.6 is 12.6 Å². The third-order valence-corrected chi connectivity index (χ3v) is 2.23. The van der Waals surface area contributed by atoms with E-state index in [1.807, 2.05) is 19.1 Å². The van der Waals surface area contributed by atoms with E-state index in [9.17, 15) is 4.79 Å². The Hall–Kier alpha value is -0.700. The molecule has 1 atom stereocenters. The van der Waals surface area contributed by atoms with E-state index >= 15 is 0 Å². The fraction of sp³-hybridized carbons (Fsp3) is 0.444. The second-order valence-corrected chi connectivity index (χ2v) is 3.17. The molecule has 1 aromatic heterocycles. The monoisotopic (exact) mass is 184 g/mol. The Balaban J connectivity index is 2.54. The van der Waals surface area contributed by atoms with E-state index in [1.54, 1.807) is 6.26 Å². The van der Waals surface area contributed by atoms with Gasteiger partial charge in [-0.3, -0.25) is 4.79 Å². The highest BCUT2D eigenvalue weighted by molar-refractivity contribution is 7.96. The molecule has 3 heteroatoms. The van der Waals surface area contributed by atoms with Crippen LogP contribution in [0.4, 0.5) is 0 Å². The smallest absolute Gasteiger partial charge is 0.189 e. The fourth-order valence-corrected chi connectivity index (χ4v) is 1.35. The first-order chi connectivity index (χ1) is 5.74. The summed E-state index contributed by atoms with van der Waals surface area (Å²) in [5.41, 5.74) is 0. The molecule has 0 bridgehead atoms. The largest absolute Gasteiger partial charge is 0.469 e. The number of thiol groups is 1. The third-order valence-electron chi connectivity index (χ3n) is 1.87. The molecule has 1 unspecified atom stereocenters. The van der Waals surface area contributed by atoms with Crippen LogP contribution in [0.5, 0.6) is 0 Å². The molecule has 1 rings (SSSR count). The summed E-state index contributed by atoms with van der Waals surface area (Å²) in [5, 5.41) is -0.0612. The maximum Gasteiger partial charge on any atom is 0.189 e. The molecule has 2 nitrogen and oxygen atoms in total. The van der Waals surface area contributed by atoms with Crippen LogP contribution in [0, 0.1) is 5.92 Å². The van der Waals surface area contributed by atoms with Gasteiger partial charge in [-0.05, 0) is 18.6 Å². The summed E-state index contributed by atoms with van der Waals surface area (Å²) in [6.07, 6.45) is 3.08. The predicted octanol–water partition coefficient (Wildman–Crippen LogP) is 2.30. The minimum Gasteiger partial charge on any atom is -0.469 e. The number of furan rings is 1. The van der Waals surface area contributed by atoms with Crippen LogP contribution < -0.4 is 0 Å². The lowest BCUT2D eigenvalue weighted by Gasteiger charge is -2.06. The maximum atomic E-state index is 10.9. The van der Waals surface area contributed by atoms with Gasteiger partial charge in [0.2, 0.25) is 0 Å². The molecule has 0 fully saturated rings. The predicted molar refractivity (Wildman–Crippen MR) is 50.2 cm³/mol. The van der Waals surface area contributed by atoms with Crippen molar-refractivity contribution in [1.82, 2.24) is 0 Å². The number of hydrogen-bond donors (Lipinski definition) is 1. The van der Waals surface area contributed by atoms with Crippen LogP contribution in [0.2, 0.25) is 0 Å². The van der Waals surface area contributed by atoms with E-state index in [1.165, 1.54) is 0 Å². The highest BCUT2D eigenvalue weighted by Crippen LogP contribution is 2.14. The molecule has 0 amide bonds. The van der Waals surface area contributed by atoms with Crippen molar-refractivity contribution >= 4 is 17.7 Å². The average molecular weight is 184 g/mol. The highest BCUT2D eigenvalue weighted by Gasteiger charge is 2.14. The van der Waals surface area contributed by atoms with E-state index in [-0.39, 0.29) is 11.0 Å². The van der Waals surface area contributed by atoms with Crippen molar-refractivity contribution in [3.05, 3.63) is 24.2 Å². The van der Waals surface area contributed by atoms with E-state index in [0.29, 0.717) is 6.42 Å². The van der Waals surface area contributed by atoms with Crippen molar-refractivity contribution in [3.8, 4) is 0 Å². The van der Waals surface area contributed by atoms with Crippen LogP contribution in [0.25, 0.3) is 0 Å². The van der Waals surface area contributed by atoms with Crippen molar-refractivity contribution in [3.63, 3.8) is 0 Å². The van der Waals surface area contributed by atoms with Crippen LogP contribution in [0.3, 0.4) is 0 Å². The lowest BCUT2D eigenvalue weighted by molar-refractivity contribution is -0.114. The normalized spacial score (nSPS) is 12.8. The first-order valence-electron chi connectivity index (χ1n) is 3.99. The molecule has 0 spiro atoms. The standard InChI is InChI=1S/C9H12O2S/c1-2-7(9(10)12)6-8-4-3-5-11-8/h3-5,7H,2,6H2,1H3,(H,10,12). The van der Waals surface area contributed by atoms with Gasteiger partial charge < -0.3 is 4.42 Å². The zero-order valence-corrected chi connectivity index (χ0v) is 7.88. The second kappa shape index (κ2) is 4.36. The lowest BCUT2D eigenvalue weighted by atomic mass is 10.0. The van der Waals surface area contributed by atoms with E-state index in [0.717, 1.165) is 12.2 Å². The van der Waals surface area contributed by atoms with E-state index in [4.69, 9.17) is 4.42 Å². The summed E-state index contributed by atoms with van der Waals surface area (Å²) in [4.78, 5) is 10.9. The quantitative estimate of drug-likeness (QED) is 0.728. The van der Waals surface area contributed by atoms with Crippen molar-refractivity contribution < 1.29 is 9.21 Å². The Labute approximate surface area is 77.4 Å². The van der Waals surface area contributed by atoms with E-state index in [2.05, 4.69) is 12.6 Å². The summed E-state index contributed by atoms with van der Waals surface area (Å²) >= 11 is 3.80. The topological polar surface area (TPSA) is 30.2 Å². The number of carbonyl (C=O) groups is 1. The molecule has 1 aromatic rings. The van der Waals surface area contributed by atoms with Crippen molar-refractivity contribution in [2.45, 2.75) is 19.8 Å². The summed E-state index contributed by atoms with van der Waals surface area (Å²) in [6.45, 7) is 1.97. The average Bonchev–Trinajstić information content (AvgIpc) is 2.51. The highest BCUT2D eigenvalue weighted by atomic mass is 32.1. The van der Waals surface area contributed by atoms with Crippen molar-refractivity contribution in [2.75, 3.05) is 0 Å². The zero-order chi connectivity index (χ0) is 8.97. The molecule has 0 saturated carbocycles. The summed E-state index contributed by atoms with van der Waals surface area (Å²) < 4.78 is 5.13. The van der Waals surface area contributed by atoms with Gasteiger partial charge in [0, 0.05) is 12.3 Å². The Kier molecular flexibility index (Phi) is 3.41. The number of hydrogen-bond acceptors (Lipinski definition) is 2. The molecule has 0 N–H and O–H groups in total. The summed E-state index contributed by atoms with van der Waals surface area (Å²) in [7, 11) is 0. The molecule has 0 aliphatic rings. The van der Waals surface area contributed by atoms with Gasteiger partial charge in [0.25, 0.3) is 0 Å². The molecular weight excluding hydrogens is 172 g/mol. The molecule has 12 heavy (non-hydrogen) atoms. The lowest BCUT2D eigenvalue weighted by Crippen LogP contribution is -2.10. The summed E-state index contributed by atoms with van der Waals surface area (Å²) in [6, 6.07) is 3.70. The molecular formula is C9H12O2S. The van der Waals surface area contributed by atoms with Crippen LogP contribution in [-0.4, -0.2) is 5.12 Å². The van der Waals surface area contributed by atoms with Gasteiger partial charge in [0.1, 0.15) is 5.76 Å². The van der Waals surface area contributed by atoms with Gasteiger partial charge in [-0.2, -0.15) is 0 Å². The second-order valence-electron chi connectivity index (χ2n) is 2.73. The molecule has 0 aromatic carbocycles. The van der Waals surface area contributed by atoms with Crippen LogP contribution in [-0.2, 0) is 11.2 Å². The Morgan fingerprint density at radius 1 is 1.75 bits per heavy atom. The van der Waals surface area contributed by atoms with Crippen molar-refractivity contribution in [2.24, 2.45) is 5.92 Å². The molecule has 0 radical (unpaired) electrons. The Morgan fingerprint density at radius 2 is 2.50 bits per heavy atom. The van der Waals surface area contributed by atoms with Gasteiger partial charge in [-0.1, -0.05) is 6.92 Å². The molecule has 66 valence electrons. The summed E-state index contributed by atoms with van der Waals surface area (Å²) in [5.74, 6) is 0.837. The third kappa shape index (κ3) is 2.41. The van der Waals surface area contributed by atoms with Crippen LogP contribution in [0.15, 0.2) is 22.8 Å². The molecule has 0 saturated heterocycles. The van der Waals surface area contributed by atoms with Gasteiger partial charge in [0.05, 0.1) is 6.26 Å². The maximum absolute atomic E-state index is 10.9. The SMILES string of the molecule is CCC(Cc1ccco1)C(=O)S. The first-order valence-corrected chi connectivity index (χ1v) is 4.44. The molecule has 0 aliphatic carbocycles. The Morgan fingerprint density at radius 3 is 2.92 bits per heavy atom. The minimum atomic E-state index is -0.0612. The number of rotatable bonds is 4. The fourth-order valence-electron chi connectivity index (χ4n) is 1.08. The van der Waals surface area contributed by atoms with Gasteiger partial charge in [0.15, 0.2) is 5.12 Å². The number of carbonyl (C=O) groups excluding carboxylic acids is 1. The van der Waals surface area contributed by atoms with Gasteiger partial charge >= 0.3 is 0 Å². The first kappa shape index (κ1) is 9.39. The van der Waals surface area contributed by atoms with Crippen LogP contribution in [0.1, 0.15) is 19.1 Å². The molecule has 0 aliphatic heterocycles. The zero-order valence-electron chi connectivity index (χ0n) is 6.99.